The maximum Gasteiger partial charge on any atom is 0.332 e. The van der Waals surface area contributed by atoms with Gasteiger partial charge in [-0.1, -0.05) is 26.7 Å². The molecule has 0 atom stereocenters. The van der Waals surface area contributed by atoms with Gasteiger partial charge in [0.15, 0.2) is 11.2 Å². The van der Waals surface area contributed by atoms with Crippen LogP contribution < -0.4 is 16.6 Å². The number of hydrogen-bond acceptors (Lipinski definition) is 7. The smallest absolute Gasteiger partial charge is 0.332 e. The van der Waals surface area contributed by atoms with Gasteiger partial charge in [-0.2, -0.15) is 0 Å². The first-order chi connectivity index (χ1) is 13.5. The summed E-state index contributed by atoms with van der Waals surface area (Å²) in [5.74, 6) is -0.650. The molecule has 0 aliphatic heterocycles. The number of carbonyl (C=O) groups is 1. The van der Waals surface area contributed by atoms with Crippen molar-refractivity contribution >= 4 is 17.1 Å². The van der Waals surface area contributed by atoms with Crippen molar-refractivity contribution < 1.29 is 4.79 Å². The van der Waals surface area contributed by atoms with Crippen molar-refractivity contribution in [3.05, 3.63) is 26.7 Å². The largest absolute Gasteiger partial charge is 0.348 e. The Morgan fingerprint density at radius 2 is 1.86 bits per heavy atom. The van der Waals surface area contributed by atoms with Crippen molar-refractivity contribution in [1.82, 2.24) is 34.5 Å². The second kappa shape index (κ2) is 8.59. The third-order valence-electron chi connectivity index (χ3n) is 5.40. The van der Waals surface area contributed by atoms with Crippen LogP contribution in [-0.4, -0.2) is 61.3 Å². The highest BCUT2D eigenvalue weighted by Gasteiger charge is 2.25. The second-order valence-electron chi connectivity index (χ2n) is 7.05. The lowest BCUT2D eigenvalue weighted by Gasteiger charge is -2.18. The van der Waals surface area contributed by atoms with Crippen LogP contribution in [0, 0.1) is 0 Å². The van der Waals surface area contributed by atoms with E-state index in [0.717, 1.165) is 43.3 Å². The molecule has 1 amide bonds. The second-order valence-corrected chi connectivity index (χ2v) is 7.05. The number of nitrogens with one attached hydrogen (secondary N) is 1. The molecule has 10 nitrogen and oxygen atoms in total. The van der Waals surface area contributed by atoms with E-state index in [1.54, 1.807) is 0 Å². The number of carbonyl (C=O) groups excluding carboxylic acids is 1. The molecule has 0 bridgehead atoms. The Morgan fingerprint density at radius 3 is 2.50 bits per heavy atom. The summed E-state index contributed by atoms with van der Waals surface area (Å²) in [6.45, 7) is 7.07. The minimum Gasteiger partial charge on any atom is -0.348 e. The van der Waals surface area contributed by atoms with Crippen LogP contribution in [0.4, 0.5) is 0 Å². The van der Waals surface area contributed by atoms with E-state index in [9.17, 15) is 14.4 Å². The topological polar surface area (TPSA) is 115 Å². The van der Waals surface area contributed by atoms with Crippen molar-refractivity contribution in [3.8, 4) is 0 Å². The monoisotopic (exact) mass is 389 g/mol. The molecule has 2 aromatic heterocycles. The molecule has 28 heavy (non-hydrogen) atoms. The molecule has 0 spiro atoms. The number of fused-ring (bicyclic) bond motifs is 1. The first-order valence-corrected chi connectivity index (χ1v) is 9.84. The van der Waals surface area contributed by atoms with Crippen molar-refractivity contribution in [3.63, 3.8) is 0 Å². The summed E-state index contributed by atoms with van der Waals surface area (Å²) in [7, 11) is 1.42. The zero-order valence-electron chi connectivity index (χ0n) is 16.6. The van der Waals surface area contributed by atoms with Gasteiger partial charge in [-0.3, -0.25) is 18.7 Å². The van der Waals surface area contributed by atoms with E-state index in [4.69, 9.17) is 0 Å². The number of nitrogens with zero attached hydrogens (tertiary/aromatic N) is 6. The Hall–Kier alpha value is -2.62. The molecule has 10 heteroatoms. The van der Waals surface area contributed by atoms with E-state index in [-0.39, 0.29) is 23.0 Å². The standard InChI is InChI=1S/C18H27N7O3/c1-4-24(5-2)11-10-19-16(26)14-20-13-15(22-21-14)25(12-8-6-7-9-12)18(28)23(3)17(13)27/h12H,4-11H2,1-3H3,(H,19,26). The van der Waals surface area contributed by atoms with Crippen LogP contribution >= 0.6 is 0 Å². The van der Waals surface area contributed by atoms with Crippen molar-refractivity contribution in [2.75, 3.05) is 26.2 Å². The fourth-order valence-corrected chi connectivity index (χ4v) is 3.66. The van der Waals surface area contributed by atoms with Gasteiger partial charge < -0.3 is 10.2 Å². The molecule has 1 fully saturated rings. The summed E-state index contributed by atoms with van der Waals surface area (Å²) in [5, 5.41) is 10.7. The van der Waals surface area contributed by atoms with Gasteiger partial charge in [-0.15, -0.1) is 10.2 Å². The Labute approximate surface area is 162 Å². The zero-order chi connectivity index (χ0) is 20.3. The highest BCUT2D eigenvalue weighted by Crippen LogP contribution is 2.29. The Bertz CT molecular complexity index is 972. The van der Waals surface area contributed by atoms with Gasteiger partial charge in [0.25, 0.3) is 11.5 Å². The van der Waals surface area contributed by atoms with Crippen LogP contribution in [0.5, 0.6) is 0 Å². The maximum atomic E-state index is 12.6. The normalized spacial score (nSPS) is 14.9. The molecule has 1 aliphatic carbocycles. The predicted octanol–water partition coefficient (Wildman–Crippen LogP) is 0.0719. The number of aromatic nitrogens is 5. The Morgan fingerprint density at radius 1 is 1.18 bits per heavy atom. The summed E-state index contributed by atoms with van der Waals surface area (Å²) < 4.78 is 2.53. The first kappa shape index (κ1) is 20.1. The van der Waals surface area contributed by atoms with Crippen LogP contribution in [0.3, 0.4) is 0 Å². The fraction of sp³-hybridized carbons (Fsp3) is 0.667. The molecule has 0 unspecified atom stereocenters. The van der Waals surface area contributed by atoms with Crippen LogP contribution in [-0.2, 0) is 7.05 Å². The number of amides is 1. The molecular formula is C18H27N7O3. The molecule has 1 aliphatic rings. The molecule has 0 saturated heterocycles. The molecule has 0 radical (unpaired) electrons. The predicted molar refractivity (Wildman–Crippen MR) is 104 cm³/mol. The molecule has 1 saturated carbocycles. The van der Waals surface area contributed by atoms with E-state index in [1.165, 1.54) is 11.6 Å². The van der Waals surface area contributed by atoms with Gasteiger partial charge in [-0.25, -0.2) is 9.78 Å². The van der Waals surface area contributed by atoms with Crippen LogP contribution in [0.1, 0.15) is 56.2 Å². The minimum atomic E-state index is -0.568. The fourth-order valence-electron chi connectivity index (χ4n) is 3.66. The third kappa shape index (κ3) is 3.82. The Kier molecular flexibility index (Phi) is 6.18. The first-order valence-electron chi connectivity index (χ1n) is 9.84. The summed E-state index contributed by atoms with van der Waals surface area (Å²) >= 11 is 0. The van der Waals surface area contributed by atoms with Gasteiger partial charge in [-0.05, 0) is 25.9 Å². The van der Waals surface area contributed by atoms with E-state index >= 15 is 0 Å². The number of hydrogen-bond donors (Lipinski definition) is 1. The van der Waals surface area contributed by atoms with Gasteiger partial charge in [0, 0.05) is 26.2 Å². The average molecular weight is 389 g/mol. The van der Waals surface area contributed by atoms with Crippen LogP contribution in [0.15, 0.2) is 9.59 Å². The van der Waals surface area contributed by atoms with E-state index in [1.807, 2.05) is 0 Å². The van der Waals surface area contributed by atoms with Crippen LogP contribution in [0.2, 0.25) is 0 Å². The van der Waals surface area contributed by atoms with E-state index in [0.29, 0.717) is 13.1 Å². The van der Waals surface area contributed by atoms with Gasteiger partial charge in [0.1, 0.15) is 0 Å². The summed E-state index contributed by atoms with van der Waals surface area (Å²) in [6, 6.07) is -0.0216. The van der Waals surface area contributed by atoms with Crippen molar-refractivity contribution in [1.29, 1.82) is 0 Å². The van der Waals surface area contributed by atoms with Gasteiger partial charge >= 0.3 is 5.69 Å². The molecule has 3 rings (SSSR count). The Balaban J connectivity index is 1.92. The highest BCUT2D eigenvalue weighted by molar-refractivity contribution is 5.91. The SMILES string of the molecule is CCN(CC)CCNC(=O)c1nnc2c(n1)c(=O)n(C)c(=O)n2C1CCCC1. The quantitative estimate of drug-likeness (QED) is 0.713. The van der Waals surface area contributed by atoms with Gasteiger partial charge in [0.05, 0.1) is 0 Å². The zero-order valence-corrected chi connectivity index (χ0v) is 16.6. The number of likely N-dealkylation sites (N-methyl/N-ethyl adjacent to an activating group) is 1. The maximum absolute atomic E-state index is 12.6. The highest BCUT2D eigenvalue weighted by atomic mass is 16.2. The molecule has 2 aromatic rings. The molecule has 0 aromatic carbocycles. The molecule has 2 heterocycles. The minimum absolute atomic E-state index is 0.00195. The molecule has 1 N–H and O–H groups in total. The summed E-state index contributed by atoms with van der Waals surface area (Å²) in [6.07, 6.45) is 3.75. The molecular weight excluding hydrogens is 362 g/mol. The van der Waals surface area contributed by atoms with Crippen LogP contribution in [0.25, 0.3) is 11.2 Å². The summed E-state index contributed by atoms with van der Waals surface area (Å²) in [4.78, 5) is 43.9. The third-order valence-corrected chi connectivity index (χ3v) is 5.40. The average Bonchev–Trinajstić information content (AvgIpc) is 3.23. The van der Waals surface area contributed by atoms with Crippen molar-refractivity contribution in [2.45, 2.75) is 45.6 Å². The lowest BCUT2D eigenvalue weighted by molar-refractivity contribution is 0.0937. The van der Waals surface area contributed by atoms with E-state index in [2.05, 4.69) is 39.2 Å². The van der Waals surface area contributed by atoms with Gasteiger partial charge in [0.2, 0.25) is 5.82 Å². The van der Waals surface area contributed by atoms with E-state index < -0.39 is 17.2 Å². The lowest BCUT2D eigenvalue weighted by Crippen LogP contribution is -2.41. The molecule has 152 valence electrons. The lowest BCUT2D eigenvalue weighted by atomic mass is 10.2. The summed E-state index contributed by atoms with van der Waals surface area (Å²) in [5.41, 5.74) is -0.837. The van der Waals surface area contributed by atoms with Crippen molar-refractivity contribution in [2.24, 2.45) is 7.05 Å². The number of rotatable bonds is 7.